The first-order valence-corrected chi connectivity index (χ1v) is 7.62. The van der Waals surface area contributed by atoms with Crippen LogP contribution in [0.4, 0.5) is 10.1 Å². The molecule has 1 aliphatic carbocycles. The van der Waals surface area contributed by atoms with Crippen molar-refractivity contribution >= 4 is 11.6 Å². The normalized spacial score (nSPS) is 19.8. The van der Waals surface area contributed by atoms with Crippen LogP contribution in [0, 0.1) is 18.7 Å². The smallest absolute Gasteiger partial charge is 0.257 e. The van der Waals surface area contributed by atoms with Gasteiger partial charge in [-0.15, -0.1) is 0 Å². The van der Waals surface area contributed by atoms with E-state index in [1.54, 1.807) is 17.9 Å². The van der Waals surface area contributed by atoms with Crippen LogP contribution >= 0.6 is 0 Å². The third kappa shape index (κ3) is 3.18. The molecule has 0 spiro atoms. The number of halogens is 1. The topological polar surface area (TPSA) is 49.6 Å². The summed E-state index contributed by atoms with van der Waals surface area (Å²) in [6.45, 7) is 5.87. The van der Waals surface area contributed by atoms with E-state index in [2.05, 4.69) is 4.90 Å². The van der Waals surface area contributed by atoms with E-state index in [1.807, 2.05) is 0 Å². The quantitative estimate of drug-likeness (QED) is 0.865. The average Bonchev–Trinajstić information content (AvgIpc) is 3.27. The number of carbonyl (C=O) groups is 1. The summed E-state index contributed by atoms with van der Waals surface area (Å²) in [7, 11) is 0. The van der Waals surface area contributed by atoms with E-state index in [0.29, 0.717) is 24.3 Å². The Hall–Kier alpha value is -1.62. The summed E-state index contributed by atoms with van der Waals surface area (Å²) in [5, 5.41) is 0. The SMILES string of the molecule is Cc1cc(N)cc(C(=O)N2CCN(CC3CC3)CC2)c1F. The molecule has 2 N–H and O–H groups in total. The van der Waals surface area contributed by atoms with Crippen LogP contribution in [0.1, 0.15) is 28.8 Å². The van der Waals surface area contributed by atoms with Crippen LogP contribution in [0.15, 0.2) is 12.1 Å². The zero-order chi connectivity index (χ0) is 15.0. The van der Waals surface area contributed by atoms with Gasteiger partial charge in [0, 0.05) is 38.4 Å². The Morgan fingerprint density at radius 1 is 1.29 bits per heavy atom. The van der Waals surface area contributed by atoms with Crippen LogP contribution in [0.5, 0.6) is 0 Å². The fourth-order valence-electron chi connectivity index (χ4n) is 2.92. The Morgan fingerprint density at radius 3 is 2.57 bits per heavy atom. The minimum atomic E-state index is -0.449. The van der Waals surface area contributed by atoms with E-state index in [0.717, 1.165) is 25.6 Å². The number of hydrogen-bond donors (Lipinski definition) is 1. The monoisotopic (exact) mass is 291 g/mol. The molecule has 1 amide bonds. The maximum Gasteiger partial charge on any atom is 0.257 e. The van der Waals surface area contributed by atoms with E-state index >= 15 is 0 Å². The number of nitrogens with zero attached hydrogens (tertiary/aromatic N) is 2. The zero-order valence-corrected chi connectivity index (χ0v) is 12.4. The van der Waals surface area contributed by atoms with Crippen LogP contribution in [0.25, 0.3) is 0 Å². The van der Waals surface area contributed by atoms with Gasteiger partial charge in [-0.05, 0) is 43.4 Å². The average molecular weight is 291 g/mol. The van der Waals surface area contributed by atoms with E-state index in [1.165, 1.54) is 18.9 Å². The second kappa shape index (κ2) is 5.64. The van der Waals surface area contributed by atoms with Crippen molar-refractivity contribution in [2.45, 2.75) is 19.8 Å². The first kappa shape index (κ1) is 14.3. The lowest BCUT2D eigenvalue weighted by Gasteiger charge is -2.35. The number of anilines is 1. The molecule has 114 valence electrons. The van der Waals surface area contributed by atoms with Gasteiger partial charge in [0.15, 0.2) is 0 Å². The lowest BCUT2D eigenvalue weighted by atomic mass is 10.1. The van der Waals surface area contributed by atoms with Gasteiger partial charge >= 0.3 is 0 Å². The summed E-state index contributed by atoms with van der Waals surface area (Å²) in [6.07, 6.45) is 2.68. The van der Waals surface area contributed by atoms with Crippen LogP contribution in [-0.4, -0.2) is 48.4 Å². The minimum absolute atomic E-state index is 0.100. The van der Waals surface area contributed by atoms with E-state index in [9.17, 15) is 9.18 Å². The number of aryl methyl sites for hydroxylation is 1. The van der Waals surface area contributed by atoms with Crippen molar-refractivity contribution in [1.82, 2.24) is 9.80 Å². The summed E-state index contributed by atoms with van der Waals surface area (Å²) in [5.74, 6) is 0.171. The van der Waals surface area contributed by atoms with Gasteiger partial charge in [0.05, 0.1) is 5.56 Å². The molecular formula is C16H22FN3O. The largest absolute Gasteiger partial charge is 0.399 e. The summed E-state index contributed by atoms with van der Waals surface area (Å²) in [4.78, 5) is 16.6. The molecular weight excluding hydrogens is 269 g/mol. The molecule has 1 aromatic carbocycles. The highest BCUT2D eigenvalue weighted by Gasteiger charge is 2.28. The van der Waals surface area contributed by atoms with Crippen LogP contribution in [0.2, 0.25) is 0 Å². The number of rotatable bonds is 3. The molecule has 0 radical (unpaired) electrons. The number of nitrogen functional groups attached to an aromatic ring is 1. The van der Waals surface area contributed by atoms with Gasteiger partial charge in [-0.2, -0.15) is 0 Å². The molecule has 4 nitrogen and oxygen atoms in total. The van der Waals surface area contributed by atoms with Gasteiger partial charge in [-0.1, -0.05) is 0 Å². The van der Waals surface area contributed by atoms with Gasteiger partial charge in [0.2, 0.25) is 0 Å². The summed E-state index contributed by atoms with van der Waals surface area (Å²) in [6, 6.07) is 3.00. The van der Waals surface area contributed by atoms with Crippen molar-refractivity contribution in [2.24, 2.45) is 5.92 Å². The highest BCUT2D eigenvalue weighted by molar-refractivity contribution is 5.95. The highest BCUT2D eigenvalue weighted by Crippen LogP contribution is 2.30. The van der Waals surface area contributed by atoms with Crippen LogP contribution in [0.3, 0.4) is 0 Å². The van der Waals surface area contributed by atoms with E-state index < -0.39 is 5.82 Å². The van der Waals surface area contributed by atoms with E-state index in [-0.39, 0.29) is 11.5 Å². The second-order valence-electron chi connectivity index (χ2n) is 6.24. The van der Waals surface area contributed by atoms with Crippen molar-refractivity contribution in [3.63, 3.8) is 0 Å². The van der Waals surface area contributed by atoms with Crippen LogP contribution < -0.4 is 5.73 Å². The van der Waals surface area contributed by atoms with Crippen molar-refractivity contribution in [3.8, 4) is 0 Å². The zero-order valence-electron chi connectivity index (χ0n) is 12.4. The number of benzene rings is 1. The molecule has 1 saturated carbocycles. The fraction of sp³-hybridized carbons (Fsp3) is 0.562. The number of nitrogens with two attached hydrogens (primary N) is 1. The number of piperazine rings is 1. The Kier molecular flexibility index (Phi) is 3.85. The van der Waals surface area contributed by atoms with Crippen molar-refractivity contribution in [3.05, 3.63) is 29.1 Å². The van der Waals surface area contributed by atoms with Gasteiger partial charge in [-0.3, -0.25) is 9.69 Å². The van der Waals surface area contributed by atoms with Gasteiger partial charge < -0.3 is 10.6 Å². The predicted molar refractivity (Wildman–Crippen MR) is 80.6 cm³/mol. The molecule has 1 heterocycles. The highest BCUT2D eigenvalue weighted by atomic mass is 19.1. The Bertz CT molecular complexity index is 549. The standard InChI is InChI=1S/C16H22FN3O/c1-11-8-13(18)9-14(15(11)17)16(21)20-6-4-19(5-7-20)10-12-2-3-12/h8-9,12H,2-7,10,18H2,1H3. The predicted octanol–water partition coefficient (Wildman–Crippen LogP) is 1.88. The molecule has 5 heteroatoms. The van der Waals surface area contributed by atoms with E-state index in [4.69, 9.17) is 5.73 Å². The Balaban J connectivity index is 1.66. The van der Waals surface area contributed by atoms with Crippen LogP contribution in [-0.2, 0) is 0 Å². The molecule has 0 aromatic heterocycles. The number of amides is 1. The maximum atomic E-state index is 14.1. The van der Waals surface area contributed by atoms with Crippen molar-refractivity contribution < 1.29 is 9.18 Å². The number of hydrogen-bond acceptors (Lipinski definition) is 3. The molecule has 0 unspecified atom stereocenters. The van der Waals surface area contributed by atoms with Gasteiger partial charge in [-0.25, -0.2) is 4.39 Å². The lowest BCUT2D eigenvalue weighted by molar-refractivity contribution is 0.0627. The molecule has 2 aliphatic rings. The lowest BCUT2D eigenvalue weighted by Crippen LogP contribution is -2.49. The van der Waals surface area contributed by atoms with Crippen molar-refractivity contribution in [2.75, 3.05) is 38.5 Å². The second-order valence-corrected chi connectivity index (χ2v) is 6.24. The molecule has 2 fully saturated rings. The molecule has 0 bridgehead atoms. The van der Waals surface area contributed by atoms with Gasteiger partial charge in [0.25, 0.3) is 5.91 Å². The summed E-state index contributed by atoms with van der Waals surface area (Å²) >= 11 is 0. The molecule has 21 heavy (non-hydrogen) atoms. The first-order chi connectivity index (χ1) is 10.0. The molecule has 1 aromatic rings. The maximum absolute atomic E-state index is 14.1. The Morgan fingerprint density at radius 2 is 1.95 bits per heavy atom. The molecule has 3 rings (SSSR count). The number of carbonyl (C=O) groups excluding carboxylic acids is 1. The Labute approximate surface area is 124 Å². The molecule has 0 atom stereocenters. The molecule has 1 aliphatic heterocycles. The third-order valence-corrected chi connectivity index (χ3v) is 4.38. The molecule has 1 saturated heterocycles. The van der Waals surface area contributed by atoms with Gasteiger partial charge in [0.1, 0.15) is 5.82 Å². The summed E-state index contributed by atoms with van der Waals surface area (Å²) in [5.41, 5.74) is 6.69. The minimum Gasteiger partial charge on any atom is -0.399 e. The summed E-state index contributed by atoms with van der Waals surface area (Å²) < 4.78 is 14.1. The fourth-order valence-corrected chi connectivity index (χ4v) is 2.92. The van der Waals surface area contributed by atoms with Crippen molar-refractivity contribution in [1.29, 1.82) is 0 Å². The first-order valence-electron chi connectivity index (χ1n) is 7.62. The third-order valence-electron chi connectivity index (χ3n) is 4.38.